The van der Waals surface area contributed by atoms with E-state index in [2.05, 4.69) is 15.4 Å². The molecule has 2 amide bonds. The van der Waals surface area contributed by atoms with Crippen molar-refractivity contribution >= 4 is 28.4 Å². The predicted molar refractivity (Wildman–Crippen MR) is 90.5 cm³/mol. The number of nitrogens with one attached hydrogen (secondary N) is 1. The molecular formula is C17H17N5O2. The van der Waals surface area contributed by atoms with Crippen molar-refractivity contribution in [2.24, 2.45) is 5.73 Å². The van der Waals surface area contributed by atoms with Gasteiger partial charge < -0.3 is 11.1 Å². The van der Waals surface area contributed by atoms with Gasteiger partial charge >= 0.3 is 0 Å². The highest BCUT2D eigenvalue weighted by Gasteiger charge is 2.16. The normalized spacial score (nSPS) is 10.7. The molecule has 3 rings (SSSR count). The fourth-order valence-electron chi connectivity index (χ4n) is 2.45. The zero-order valence-corrected chi connectivity index (χ0v) is 13.2. The van der Waals surface area contributed by atoms with Gasteiger partial charge in [-0.1, -0.05) is 18.2 Å². The van der Waals surface area contributed by atoms with E-state index < -0.39 is 5.91 Å². The Morgan fingerprint density at radius 3 is 2.83 bits per heavy atom. The molecule has 0 saturated heterocycles. The van der Waals surface area contributed by atoms with Crippen LogP contribution in [0.5, 0.6) is 0 Å². The van der Waals surface area contributed by atoms with E-state index >= 15 is 0 Å². The van der Waals surface area contributed by atoms with E-state index in [1.807, 2.05) is 37.3 Å². The summed E-state index contributed by atoms with van der Waals surface area (Å²) in [6, 6.07) is 9.62. The first-order valence-corrected chi connectivity index (χ1v) is 7.57. The zero-order valence-electron chi connectivity index (χ0n) is 13.2. The number of carbonyl (C=O) groups is 2. The topological polar surface area (TPSA) is 103 Å². The van der Waals surface area contributed by atoms with Crippen LogP contribution in [-0.4, -0.2) is 26.6 Å². The molecule has 0 bridgehead atoms. The van der Waals surface area contributed by atoms with Crippen molar-refractivity contribution in [2.45, 2.75) is 19.9 Å². The molecule has 24 heavy (non-hydrogen) atoms. The van der Waals surface area contributed by atoms with Gasteiger partial charge in [0.1, 0.15) is 0 Å². The molecule has 3 N–H and O–H groups in total. The second-order valence-corrected chi connectivity index (χ2v) is 5.37. The van der Waals surface area contributed by atoms with Gasteiger partial charge in [-0.05, 0) is 24.6 Å². The average Bonchev–Trinajstić information content (AvgIpc) is 2.98. The summed E-state index contributed by atoms with van der Waals surface area (Å²) in [6.07, 6.45) is 3.41. The molecule has 7 nitrogen and oxygen atoms in total. The van der Waals surface area contributed by atoms with Crippen molar-refractivity contribution < 1.29 is 9.59 Å². The van der Waals surface area contributed by atoms with E-state index in [0.29, 0.717) is 12.2 Å². The number of aromatic nitrogens is 3. The van der Waals surface area contributed by atoms with Crippen LogP contribution in [0, 0.1) is 0 Å². The number of rotatable bonds is 5. The third-order valence-corrected chi connectivity index (χ3v) is 3.60. The molecule has 7 heteroatoms. The van der Waals surface area contributed by atoms with E-state index in [4.69, 9.17) is 5.73 Å². The molecule has 0 fully saturated rings. The lowest BCUT2D eigenvalue weighted by Gasteiger charge is -2.05. The molecule has 1 aromatic carbocycles. The Kier molecular flexibility index (Phi) is 4.24. The predicted octanol–water partition coefficient (Wildman–Crippen LogP) is 1.73. The highest BCUT2D eigenvalue weighted by atomic mass is 16.2. The Balaban J connectivity index is 1.77. The first kappa shape index (κ1) is 15.7. The largest absolute Gasteiger partial charge is 0.364 e. The first-order valence-electron chi connectivity index (χ1n) is 7.57. The van der Waals surface area contributed by atoms with E-state index in [9.17, 15) is 9.59 Å². The Bertz CT molecular complexity index is 916. The maximum atomic E-state index is 12.3. The van der Waals surface area contributed by atoms with Gasteiger partial charge in [-0.3, -0.25) is 19.3 Å². The monoisotopic (exact) mass is 323 g/mol. The summed E-state index contributed by atoms with van der Waals surface area (Å²) in [5.74, 6) is -0.935. The number of nitrogens with two attached hydrogens (primary N) is 1. The fourth-order valence-corrected chi connectivity index (χ4v) is 2.45. The van der Waals surface area contributed by atoms with Crippen LogP contribution in [-0.2, 0) is 17.8 Å². The third-order valence-electron chi connectivity index (χ3n) is 3.60. The van der Waals surface area contributed by atoms with Crippen molar-refractivity contribution in [3.8, 4) is 0 Å². The van der Waals surface area contributed by atoms with Gasteiger partial charge in [0.2, 0.25) is 5.91 Å². The summed E-state index contributed by atoms with van der Waals surface area (Å²) in [4.78, 5) is 28.0. The molecule has 0 atom stereocenters. The van der Waals surface area contributed by atoms with Crippen LogP contribution in [0.1, 0.15) is 23.0 Å². The number of anilines is 1. The van der Waals surface area contributed by atoms with Gasteiger partial charge in [-0.2, -0.15) is 5.10 Å². The second-order valence-electron chi connectivity index (χ2n) is 5.37. The molecule has 0 saturated carbocycles. The highest BCUT2D eigenvalue weighted by molar-refractivity contribution is 6.02. The maximum absolute atomic E-state index is 12.3. The molecule has 2 heterocycles. The molecule has 0 radical (unpaired) electrons. The van der Waals surface area contributed by atoms with Crippen molar-refractivity contribution in [2.75, 3.05) is 5.32 Å². The number of benzene rings is 1. The molecule has 0 aliphatic carbocycles. The minimum Gasteiger partial charge on any atom is -0.364 e. The van der Waals surface area contributed by atoms with Crippen LogP contribution < -0.4 is 11.1 Å². The summed E-state index contributed by atoms with van der Waals surface area (Å²) in [5.41, 5.74) is 7.34. The number of fused-ring (bicyclic) bond motifs is 1. The number of hydrogen-bond acceptors (Lipinski definition) is 4. The standard InChI is InChI=1S/C17H17N5O2/c1-2-22-10-14(16(21-22)17(18)24)20-15(23)8-11-7-12-5-3-4-6-13(12)19-9-11/h3-7,9-10H,2,8H2,1H3,(H2,18,24)(H,20,23). The van der Waals surface area contributed by atoms with Gasteiger partial charge in [0.15, 0.2) is 5.69 Å². The number of nitrogens with zero attached hydrogens (tertiary/aromatic N) is 3. The summed E-state index contributed by atoms with van der Waals surface area (Å²) >= 11 is 0. The third kappa shape index (κ3) is 3.24. The number of aryl methyl sites for hydroxylation is 1. The van der Waals surface area contributed by atoms with E-state index in [-0.39, 0.29) is 18.0 Å². The maximum Gasteiger partial charge on any atom is 0.271 e. The van der Waals surface area contributed by atoms with Gasteiger partial charge in [-0.15, -0.1) is 0 Å². The molecule has 0 spiro atoms. The summed E-state index contributed by atoms with van der Waals surface area (Å²) in [6.45, 7) is 2.45. The van der Waals surface area contributed by atoms with Crippen LogP contribution in [0.3, 0.4) is 0 Å². The number of hydrogen-bond donors (Lipinski definition) is 2. The Morgan fingerprint density at radius 2 is 2.08 bits per heavy atom. The fraction of sp³-hybridized carbons (Fsp3) is 0.176. The van der Waals surface area contributed by atoms with E-state index in [0.717, 1.165) is 16.5 Å². The number of amides is 2. The van der Waals surface area contributed by atoms with Gasteiger partial charge in [-0.25, -0.2) is 0 Å². The summed E-state index contributed by atoms with van der Waals surface area (Å²) in [5, 5.41) is 7.71. The van der Waals surface area contributed by atoms with Crippen LogP contribution in [0.4, 0.5) is 5.69 Å². The summed E-state index contributed by atoms with van der Waals surface area (Å²) < 4.78 is 1.55. The van der Waals surface area contributed by atoms with Crippen LogP contribution in [0.15, 0.2) is 42.7 Å². The van der Waals surface area contributed by atoms with Crippen molar-refractivity contribution in [3.63, 3.8) is 0 Å². The van der Waals surface area contributed by atoms with Crippen molar-refractivity contribution in [1.29, 1.82) is 0 Å². The smallest absolute Gasteiger partial charge is 0.271 e. The minimum atomic E-state index is -0.676. The van der Waals surface area contributed by atoms with E-state index in [1.54, 1.807) is 17.1 Å². The van der Waals surface area contributed by atoms with Crippen LogP contribution in [0.25, 0.3) is 10.9 Å². The lowest BCUT2D eigenvalue weighted by atomic mass is 10.1. The molecule has 0 aliphatic rings. The van der Waals surface area contributed by atoms with Gasteiger partial charge in [0, 0.05) is 24.3 Å². The van der Waals surface area contributed by atoms with Gasteiger partial charge in [0.05, 0.1) is 17.6 Å². The zero-order chi connectivity index (χ0) is 17.1. The Hall–Kier alpha value is -3.22. The Labute approximate surface area is 138 Å². The molecule has 0 aliphatic heterocycles. The number of para-hydroxylation sites is 1. The second kappa shape index (κ2) is 6.49. The lowest BCUT2D eigenvalue weighted by molar-refractivity contribution is -0.115. The molecule has 0 unspecified atom stereocenters. The number of pyridine rings is 1. The SMILES string of the molecule is CCn1cc(NC(=O)Cc2cnc3ccccc3c2)c(C(N)=O)n1. The quantitative estimate of drug-likeness (QED) is 0.746. The number of carbonyl (C=O) groups excluding carboxylic acids is 2. The van der Waals surface area contributed by atoms with Crippen molar-refractivity contribution in [3.05, 3.63) is 54.0 Å². The van der Waals surface area contributed by atoms with E-state index in [1.165, 1.54) is 0 Å². The van der Waals surface area contributed by atoms with Crippen molar-refractivity contribution in [1.82, 2.24) is 14.8 Å². The molecule has 122 valence electrons. The first-order chi connectivity index (χ1) is 11.6. The van der Waals surface area contributed by atoms with Crippen LogP contribution >= 0.6 is 0 Å². The molecule has 3 aromatic rings. The van der Waals surface area contributed by atoms with Crippen LogP contribution in [0.2, 0.25) is 0 Å². The average molecular weight is 323 g/mol. The summed E-state index contributed by atoms with van der Waals surface area (Å²) in [7, 11) is 0. The molecular weight excluding hydrogens is 306 g/mol. The van der Waals surface area contributed by atoms with Gasteiger partial charge in [0.25, 0.3) is 5.91 Å². The lowest BCUT2D eigenvalue weighted by Crippen LogP contribution is -2.19. The highest BCUT2D eigenvalue weighted by Crippen LogP contribution is 2.16. The Morgan fingerprint density at radius 1 is 1.29 bits per heavy atom. The minimum absolute atomic E-state index is 0.0573. The number of primary amides is 1. The molecule has 2 aromatic heterocycles.